The van der Waals surface area contributed by atoms with Gasteiger partial charge in [-0.05, 0) is 0 Å². The molecule has 0 spiro atoms. The second kappa shape index (κ2) is 4.44. The molecule has 0 saturated carbocycles. The fourth-order valence-corrected chi connectivity index (χ4v) is 6.95. The van der Waals surface area contributed by atoms with Crippen molar-refractivity contribution in [2.45, 2.75) is 19.3 Å². The number of halogens is 2. The average Bonchev–Trinajstić information content (AvgIpc) is 1.90. The van der Waals surface area contributed by atoms with Crippen LogP contribution in [-0.4, -0.2) is 29.2 Å². The van der Waals surface area contributed by atoms with E-state index >= 15 is 0 Å². The van der Waals surface area contributed by atoms with E-state index in [-0.39, 0.29) is 0 Å². The maximum atomic E-state index is 3.67. The maximum absolute atomic E-state index is 3.67. The molecule has 0 bridgehead atoms. The van der Waals surface area contributed by atoms with Gasteiger partial charge in [-0.1, -0.05) is 0 Å². The van der Waals surface area contributed by atoms with Crippen LogP contribution in [0.3, 0.4) is 0 Å². The van der Waals surface area contributed by atoms with Gasteiger partial charge in [0.1, 0.15) is 0 Å². The van der Waals surface area contributed by atoms with Crippen LogP contribution in [0.15, 0.2) is 0 Å². The molecule has 1 fully saturated rings. The molecule has 0 amide bonds. The van der Waals surface area contributed by atoms with Gasteiger partial charge in [-0.3, -0.25) is 0 Å². The van der Waals surface area contributed by atoms with Gasteiger partial charge in [-0.15, -0.1) is 0 Å². The van der Waals surface area contributed by atoms with Crippen LogP contribution in [0.5, 0.6) is 0 Å². The normalized spacial score (nSPS) is 22.0. The molecule has 0 unspecified atom stereocenters. The van der Waals surface area contributed by atoms with Crippen molar-refractivity contribution in [3.63, 3.8) is 0 Å². The van der Waals surface area contributed by atoms with Gasteiger partial charge in [0.25, 0.3) is 0 Å². The second-order valence-corrected chi connectivity index (χ2v) is 20.5. The van der Waals surface area contributed by atoms with Crippen LogP contribution in [0.1, 0.15) is 19.3 Å². The topological polar surface area (TPSA) is 3.24 Å². The molecular weight excluding hydrogens is 304 g/mol. The zero-order valence-electron chi connectivity index (χ0n) is 5.32. The van der Waals surface area contributed by atoms with Gasteiger partial charge in [-0.2, -0.15) is 0 Å². The number of piperidine rings is 1. The molecule has 0 radical (unpaired) electrons. The van der Waals surface area contributed by atoms with Crippen LogP contribution in [0.2, 0.25) is 0 Å². The Morgan fingerprint density at radius 1 is 1.00 bits per heavy atom. The fraction of sp³-hybridized carbons (Fsp3) is 1.00. The van der Waals surface area contributed by atoms with Crippen LogP contribution >= 0.6 is 27.1 Å². The third-order valence-corrected chi connectivity index (χ3v) is 9.93. The number of hydrogen-bond donors (Lipinski definition) is 0. The molecule has 0 aromatic carbocycles. The second-order valence-electron chi connectivity index (χ2n) is 2.37. The molecule has 1 rings (SSSR count). The number of hydrogen-bond acceptors (Lipinski definition) is 1. The first-order valence-corrected chi connectivity index (χ1v) is 15.8. The van der Waals surface area contributed by atoms with Crippen molar-refractivity contribution in [3.8, 4) is 0 Å². The summed E-state index contributed by atoms with van der Waals surface area (Å²) in [5.41, 5.74) is 0. The summed E-state index contributed by atoms with van der Waals surface area (Å²) in [5.74, 6) is 0. The molecule has 1 aliphatic rings. The number of nitrogens with zero attached hydrogens (tertiary/aromatic N) is 1. The molecule has 0 aliphatic carbocycles. The predicted octanol–water partition coefficient (Wildman–Crippen LogP) is 2.25. The van der Waals surface area contributed by atoms with Gasteiger partial charge >= 0.3 is 75.6 Å². The van der Waals surface area contributed by atoms with Crippen LogP contribution in [-0.2, 0) is 0 Å². The Kier molecular flexibility index (Phi) is 4.27. The van der Waals surface area contributed by atoms with Crippen molar-refractivity contribution in [3.05, 3.63) is 0 Å². The first-order chi connectivity index (χ1) is 4.30. The van der Waals surface area contributed by atoms with E-state index in [0.29, 0.717) is 0 Å². The first-order valence-electron chi connectivity index (χ1n) is 3.33. The van der Waals surface area contributed by atoms with Gasteiger partial charge in [0.05, 0.1) is 0 Å². The summed E-state index contributed by atoms with van der Waals surface area (Å²) in [6, 6.07) is 0. The molecule has 1 saturated heterocycles. The Hall–Kier alpha value is 1.56. The van der Waals surface area contributed by atoms with Crippen molar-refractivity contribution < 1.29 is 0 Å². The van der Waals surface area contributed by atoms with Crippen LogP contribution in [0.4, 0.5) is 0 Å². The monoisotopic (exact) mass is 311 g/mol. The van der Waals surface area contributed by atoms with Gasteiger partial charge in [0.2, 0.25) is 0 Å². The van der Waals surface area contributed by atoms with E-state index in [4.69, 9.17) is 0 Å². The minimum absolute atomic E-state index is 1.21. The van der Waals surface area contributed by atoms with E-state index in [0.717, 1.165) is 0 Å². The molecule has 1 aliphatic heterocycles. The van der Waals surface area contributed by atoms with Gasteiger partial charge in [0.15, 0.2) is 0 Å². The van der Waals surface area contributed by atoms with E-state index < -0.39 is 12.5 Å². The molecule has 1 heterocycles. The molecular formula is C5H10Br2GaN. The summed E-state index contributed by atoms with van der Waals surface area (Å²) in [6.07, 6.45) is 4.24. The minimum atomic E-state index is -1.21. The zero-order chi connectivity index (χ0) is 6.69. The molecule has 0 atom stereocenters. The van der Waals surface area contributed by atoms with Crippen molar-refractivity contribution in [1.82, 2.24) is 3.61 Å². The Morgan fingerprint density at radius 3 is 1.89 bits per heavy atom. The molecule has 4 heteroatoms. The van der Waals surface area contributed by atoms with Crippen LogP contribution in [0, 0.1) is 0 Å². The standard InChI is InChI=1S/C5H10N.2BrH.Ga/c1-2-4-6-5-3-1;;;/h1-5H2;2*1H;/q-1;;;+3/p-2. The molecule has 52 valence electrons. The van der Waals surface area contributed by atoms with E-state index in [1.165, 1.54) is 32.4 Å². The van der Waals surface area contributed by atoms with Gasteiger partial charge in [-0.25, -0.2) is 0 Å². The summed E-state index contributed by atoms with van der Waals surface area (Å²) < 4.78 is 2.58. The molecule has 1 nitrogen and oxygen atoms in total. The Balaban J connectivity index is 2.23. The van der Waals surface area contributed by atoms with Crippen molar-refractivity contribution >= 4 is 39.6 Å². The molecule has 0 aromatic rings. The summed E-state index contributed by atoms with van der Waals surface area (Å²) in [7, 11) is 0. The third-order valence-electron chi connectivity index (χ3n) is 1.67. The quantitative estimate of drug-likeness (QED) is 0.671. The van der Waals surface area contributed by atoms with E-state index in [9.17, 15) is 0 Å². The summed E-state index contributed by atoms with van der Waals surface area (Å²) in [6.45, 7) is 2.64. The van der Waals surface area contributed by atoms with Crippen molar-refractivity contribution in [2.24, 2.45) is 0 Å². The SMILES string of the molecule is [Br][Ga]([Br])[N]1CCCCC1. The molecule has 0 N–H and O–H groups in total. The average molecular weight is 314 g/mol. The summed E-state index contributed by atoms with van der Waals surface area (Å²) in [5, 5.41) is 0. The van der Waals surface area contributed by atoms with E-state index in [1.807, 2.05) is 0 Å². The number of rotatable bonds is 1. The van der Waals surface area contributed by atoms with Crippen molar-refractivity contribution in [2.75, 3.05) is 13.1 Å². The fourth-order valence-electron chi connectivity index (χ4n) is 1.11. The summed E-state index contributed by atoms with van der Waals surface area (Å²) in [4.78, 5) is 0. The Bertz CT molecular complexity index is 83.0. The molecule has 9 heavy (non-hydrogen) atoms. The predicted molar refractivity (Wildman–Crippen MR) is 49.0 cm³/mol. The van der Waals surface area contributed by atoms with Crippen molar-refractivity contribution in [1.29, 1.82) is 0 Å². The van der Waals surface area contributed by atoms with E-state index in [1.54, 1.807) is 0 Å². The third kappa shape index (κ3) is 2.97. The van der Waals surface area contributed by atoms with Gasteiger partial charge in [0, 0.05) is 0 Å². The molecule has 0 aromatic heterocycles. The Labute approximate surface area is 75.1 Å². The first kappa shape index (κ1) is 8.65. The van der Waals surface area contributed by atoms with Crippen LogP contribution in [0.25, 0.3) is 0 Å². The van der Waals surface area contributed by atoms with Crippen LogP contribution < -0.4 is 0 Å². The summed E-state index contributed by atoms with van der Waals surface area (Å²) >= 11 is 6.12. The Morgan fingerprint density at radius 2 is 1.56 bits per heavy atom. The zero-order valence-corrected chi connectivity index (χ0v) is 10.9. The van der Waals surface area contributed by atoms with E-state index in [2.05, 4.69) is 30.7 Å². The van der Waals surface area contributed by atoms with Gasteiger partial charge < -0.3 is 0 Å².